The second-order valence-electron chi connectivity index (χ2n) is 46.1. The molecule has 4 heterocycles. The highest BCUT2D eigenvalue weighted by molar-refractivity contribution is 7.00. The van der Waals surface area contributed by atoms with Gasteiger partial charge in [-0.3, -0.25) is 0 Å². The SMILES string of the molecule is [2H]c1c([2H])c([2H])c2c(c1[2H])c1cc(C(C)(C)C)ccc1n2-c1ccc2c(c1)N(c1c(-c3cccc(CC(C)(C)C)c3)cc(C(C)(C)C)cc1-c1cccc(CC(C)(C)C)c1)c1cc(C([2H])([2H])C(C)(C)C)cc3c1B2c1ccc(-n2c4ccc(C(C)(C)C)cc4c4c([2H])c([2H])c([2H])c([2H])c42)cc1N3c1c(-c2cccc(CC(C)(C)C)c2)cc(C(C)(C)C)cc1-c1cccc(CC(C)(C)C)c1. The smallest absolute Gasteiger partial charge is 0.252 e. The van der Waals surface area contributed by atoms with E-state index >= 15 is 0 Å². The zero-order valence-electron chi connectivity index (χ0n) is 88.8. The molecule has 2 aromatic heterocycles. The molecule has 0 saturated heterocycles. The lowest BCUT2D eigenvalue weighted by atomic mass is 9.33. The van der Waals surface area contributed by atoms with Gasteiger partial charge in [0.25, 0.3) is 6.71 Å². The Morgan fingerprint density at radius 1 is 0.274 bits per heavy atom. The van der Waals surface area contributed by atoms with Crippen LogP contribution in [0.1, 0.15) is 251 Å². The summed E-state index contributed by atoms with van der Waals surface area (Å²) in [6, 6.07) is 74.6. The van der Waals surface area contributed by atoms with Crippen LogP contribution >= 0.6 is 0 Å². The quantitative estimate of drug-likeness (QED) is 0.107. The Bertz CT molecular complexity index is 6760. The van der Waals surface area contributed by atoms with E-state index in [0.717, 1.165) is 143 Å². The first kappa shape index (κ1) is 73.5. The van der Waals surface area contributed by atoms with Gasteiger partial charge >= 0.3 is 0 Å². The van der Waals surface area contributed by atoms with E-state index in [9.17, 15) is 13.7 Å². The summed E-state index contributed by atoms with van der Waals surface area (Å²) in [6.45, 7) is 59.7. The van der Waals surface area contributed by atoms with Crippen LogP contribution in [0.3, 0.4) is 0 Å². The summed E-state index contributed by atoms with van der Waals surface area (Å²) < 4.78 is 105. The number of para-hydroxylation sites is 2. The van der Waals surface area contributed by atoms with Crippen molar-refractivity contribution in [2.75, 3.05) is 9.80 Å². The van der Waals surface area contributed by atoms with E-state index < -0.39 is 29.3 Å². The molecule has 0 unspecified atom stereocenters. The molecule has 0 spiro atoms. The Hall–Kier alpha value is -10.9. The maximum Gasteiger partial charge on any atom is 0.252 e. The lowest BCUT2D eigenvalue weighted by Crippen LogP contribution is -2.61. The Morgan fingerprint density at radius 2 is 0.589 bits per heavy atom. The Balaban J connectivity index is 1.14. The highest BCUT2D eigenvalue weighted by Gasteiger charge is 2.47. The zero-order chi connectivity index (χ0) is 97.2. The average molecular weight is 1640 g/mol. The van der Waals surface area contributed by atoms with E-state index in [1.165, 1.54) is 22.3 Å². The molecule has 5 heteroatoms. The van der Waals surface area contributed by atoms with Crippen molar-refractivity contribution in [1.29, 1.82) is 0 Å². The van der Waals surface area contributed by atoms with Crippen LogP contribution in [-0.4, -0.2) is 15.8 Å². The van der Waals surface area contributed by atoms with Gasteiger partial charge in [0.2, 0.25) is 0 Å². The van der Waals surface area contributed by atoms with Gasteiger partial charge in [-0.15, -0.1) is 0 Å². The van der Waals surface area contributed by atoms with Crippen molar-refractivity contribution in [1.82, 2.24) is 9.13 Å². The maximum atomic E-state index is 11.3. The minimum atomic E-state index is -2.10. The van der Waals surface area contributed by atoms with Crippen molar-refractivity contribution < 1.29 is 13.7 Å². The topological polar surface area (TPSA) is 16.3 Å². The first-order valence-electron chi connectivity index (χ1n) is 50.1. The maximum absolute atomic E-state index is 11.3. The normalized spacial score (nSPS) is 15.0. The van der Waals surface area contributed by atoms with Crippen LogP contribution in [0.4, 0.5) is 34.1 Å². The predicted octanol–water partition coefficient (Wildman–Crippen LogP) is 31.8. The van der Waals surface area contributed by atoms with Gasteiger partial charge in [-0.25, -0.2) is 0 Å². The van der Waals surface area contributed by atoms with Gasteiger partial charge in [0.1, 0.15) is 0 Å². The number of aromatic nitrogens is 2. The second kappa shape index (κ2) is 30.5. The predicted molar refractivity (Wildman–Crippen MR) is 541 cm³/mol. The number of fused-ring (bicyclic) bond motifs is 10. The van der Waals surface area contributed by atoms with Crippen LogP contribution in [-0.2, 0) is 53.7 Å². The largest absolute Gasteiger partial charge is 0.310 e. The molecule has 0 N–H and O–H groups in total. The van der Waals surface area contributed by atoms with Gasteiger partial charge in [-0.2, -0.15) is 0 Å². The molecule has 0 saturated carbocycles. The van der Waals surface area contributed by atoms with E-state index in [2.05, 4.69) is 391 Å². The third kappa shape index (κ3) is 16.7. The van der Waals surface area contributed by atoms with Crippen molar-refractivity contribution in [3.05, 3.63) is 305 Å². The van der Waals surface area contributed by atoms with E-state index in [-0.39, 0.29) is 80.8 Å². The summed E-state index contributed by atoms with van der Waals surface area (Å²) in [6.07, 6.45) is 1.08. The number of benzene rings is 13. The summed E-state index contributed by atoms with van der Waals surface area (Å²) in [4.78, 5) is 4.99. The fourth-order valence-electron chi connectivity index (χ4n) is 19.5. The zero-order valence-corrected chi connectivity index (χ0v) is 78.8. The molecular weight excluding hydrogens is 1500 g/mol. The lowest BCUT2D eigenvalue weighted by Gasteiger charge is -2.46. The molecule has 17 rings (SSSR count). The minimum Gasteiger partial charge on any atom is -0.310 e. The van der Waals surface area contributed by atoms with E-state index in [1.54, 1.807) is 0 Å². The van der Waals surface area contributed by atoms with Crippen LogP contribution in [0.2, 0.25) is 0 Å². The third-order valence-corrected chi connectivity index (χ3v) is 24.9. The summed E-state index contributed by atoms with van der Waals surface area (Å²) in [5.41, 5.74) is 25.3. The molecular formula is C119H133BN4. The van der Waals surface area contributed by atoms with Crippen LogP contribution < -0.4 is 26.2 Å². The fraction of sp³-hybridized carbons (Fsp3) is 0.345. The van der Waals surface area contributed by atoms with Gasteiger partial charge in [-0.05, 0) is 267 Å². The monoisotopic (exact) mass is 1640 g/mol. The van der Waals surface area contributed by atoms with Gasteiger partial charge in [0.15, 0.2) is 0 Å². The Morgan fingerprint density at radius 3 is 0.887 bits per heavy atom. The molecule has 0 fully saturated rings. The van der Waals surface area contributed by atoms with E-state index in [1.807, 2.05) is 20.8 Å². The van der Waals surface area contributed by atoms with Gasteiger partial charge in [0.05, 0.1) is 44.4 Å². The molecule has 15 aromatic rings. The standard InChI is InChI=1S/C119H133BN4/c1-111(2,3)70-75-36-32-40-80(56-75)92-64-86(118(22,23)24)65-93(81-41-33-37-76(57-81)71-112(4,5)6)109(92)123-104-68-88(121-100-46-30-28-44-90(100)96-62-84(116(16,17)18)48-54-102(96)121)50-52-98(104)120-99-53-51-89(122-101-47-31-29-45-91(101)97-63-85(117(19,20)21)49-55-103(97)122)69-105(99)124(107-61-79(74-115(13,14)15)60-106(123)108(107)120)110-94(82-42-34-38-77(58-82)72-113(7,8)9)66-87(119(25,26)27)67-95(110)83-43-35-39-78(59-83)73-114(10,11)12/h28-69H,70-74H2,1-27H3/i28D,29D,30D,31D,44D,45D,46D,47D,74D2. The van der Waals surface area contributed by atoms with E-state index in [0.29, 0.717) is 60.5 Å². The van der Waals surface area contributed by atoms with Crippen molar-refractivity contribution in [3.8, 4) is 55.9 Å². The Labute approximate surface area is 757 Å². The molecule has 0 aliphatic carbocycles. The number of nitrogens with zero attached hydrogens (tertiary/aromatic N) is 4. The molecule has 0 radical (unpaired) electrons. The Kier molecular flexibility index (Phi) is 18.1. The molecule has 124 heavy (non-hydrogen) atoms. The van der Waals surface area contributed by atoms with Gasteiger partial charge < -0.3 is 18.9 Å². The van der Waals surface area contributed by atoms with Crippen LogP contribution in [0.15, 0.2) is 255 Å². The van der Waals surface area contributed by atoms with Gasteiger partial charge in [-0.1, -0.05) is 345 Å². The van der Waals surface area contributed by atoms with E-state index in [4.69, 9.17) is 0 Å². The highest BCUT2D eigenvalue weighted by atomic mass is 15.2. The minimum absolute atomic E-state index is 0.0898. The van der Waals surface area contributed by atoms with Crippen LogP contribution in [0.25, 0.3) is 99.5 Å². The second-order valence-corrected chi connectivity index (χ2v) is 46.1. The van der Waals surface area contributed by atoms with Crippen molar-refractivity contribution in [2.24, 2.45) is 27.1 Å². The molecule has 2 aliphatic rings. The molecule has 0 atom stereocenters. The fourth-order valence-corrected chi connectivity index (χ4v) is 19.5. The van der Waals surface area contributed by atoms with Crippen LogP contribution in [0, 0.1) is 27.1 Å². The van der Waals surface area contributed by atoms with Gasteiger partial charge in [0, 0.05) is 80.7 Å². The first-order valence-corrected chi connectivity index (χ1v) is 45.1. The first-order chi connectivity index (χ1) is 62.2. The molecule has 4 nitrogen and oxygen atoms in total. The molecule has 0 amide bonds. The molecule has 0 bridgehead atoms. The summed E-state index contributed by atoms with van der Waals surface area (Å²) in [5.74, 6) is 0. The number of hydrogen-bond acceptors (Lipinski definition) is 2. The molecule has 632 valence electrons. The third-order valence-electron chi connectivity index (χ3n) is 24.9. The number of anilines is 6. The lowest BCUT2D eigenvalue weighted by molar-refractivity contribution is 0.411. The summed E-state index contributed by atoms with van der Waals surface area (Å²) >= 11 is 0. The molecule has 13 aromatic carbocycles. The average Bonchev–Trinajstić information content (AvgIpc) is 0.694. The van der Waals surface area contributed by atoms with Crippen molar-refractivity contribution in [3.63, 3.8) is 0 Å². The molecule has 2 aliphatic heterocycles. The number of hydrogen-bond donors (Lipinski definition) is 0. The highest BCUT2D eigenvalue weighted by Crippen LogP contribution is 2.57. The summed E-state index contributed by atoms with van der Waals surface area (Å²) in [7, 11) is 0. The number of rotatable bonds is 13. The summed E-state index contributed by atoms with van der Waals surface area (Å²) in [5, 5.41) is 2.25. The van der Waals surface area contributed by atoms with Crippen LogP contribution in [0.5, 0.6) is 0 Å². The van der Waals surface area contributed by atoms with Crippen molar-refractivity contribution >= 4 is 101 Å². The van der Waals surface area contributed by atoms with Crippen molar-refractivity contribution in [2.45, 2.75) is 241 Å².